The molecule has 154 valence electrons. The number of rotatable bonds is 10. The Morgan fingerprint density at radius 2 is 1.59 bits per heavy atom. The molecule has 0 heterocycles. The molecule has 8 heteroatoms. The van der Waals surface area contributed by atoms with E-state index in [1.807, 2.05) is 49.4 Å². The Hall–Kier alpha value is -3.55. The van der Waals surface area contributed by atoms with Crippen LogP contribution in [0.5, 0.6) is 5.75 Å². The van der Waals surface area contributed by atoms with Crippen molar-refractivity contribution in [2.75, 3.05) is 25.1 Å². The predicted molar refractivity (Wildman–Crippen MR) is 109 cm³/mol. The van der Waals surface area contributed by atoms with Crippen molar-refractivity contribution < 1.29 is 23.9 Å². The van der Waals surface area contributed by atoms with Crippen molar-refractivity contribution in [2.45, 2.75) is 19.8 Å². The normalized spacial score (nSPS) is 9.97. The topological polar surface area (TPSA) is 106 Å². The quantitative estimate of drug-likeness (QED) is 0.419. The number of hydrogen-bond acceptors (Lipinski definition) is 6. The van der Waals surface area contributed by atoms with Crippen molar-refractivity contribution in [3.8, 4) is 5.75 Å². The molecule has 0 radical (unpaired) electrons. The van der Waals surface area contributed by atoms with E-state index in [1.54, 1.807) is 12.1 Å². The second kappa shape index (κ2) is 12.0. The third-order valence-corrected chi connectivity index (χ3v) is 3.71. The Morgan fingerprint density at radius 1 is 0.897 bits per heavy atom. The van der Waals surface area contributed by atoms with Gasteiger partial charge in [-0.2, -0.15) is 0 Å². The monoisotopic (exact) mass is 399 g/mol. The zero-order chi connectivity index (χ0) is 20.9. The van der Waals surface area contributed by atoms with Crippen LogP contribution in [0, 0.1) is 0 Å². The number of hydrogen-bond donors (Lipinski definition) is 3. The first-order valence-corrected chi connectivity index (χ1v) is 9.35. The lowest BCUT2D eigenvalue weighted by Crippen LogP contribution is -2.41. The summed E-state index contributed by atoms with van der Waals surface area (Å²) in [5.41, 5.74) is 1.84. The van der Waals surface area contributed by atoms with Crippen LogP contribution in [0.2, 0.25) is 0 Å². The summed E-state index contributed by atoms with van der Waals surface area (Å²) >= 11 is 0. The van der Waals surface area contributed by atoms with E-state index in [0.29, 0.717) is 12.3 Å². The fraction of sp³-hybridized carbons (Fsp3) is 0.286. The number of urea groups is 1. The van der Waals surface area contributed by atoms with Gasteiger partial charge in [0.2, 0.25) is 0 Å². The molecule has 0 bridgehead atoms. The number of ether oxygens (including phenoxy) is 2. The summed E-state index contributed by atoms with van der Waals surface area (Å²) in [6.07, 6.45) is 1.75. The molecule has 0 atom stereocenters. The number of imide groups is 1. The molecule has 0 aliphatic heterocycles. The summed E-state index contributed by atoms with van der Waals surface area (Å²) in [5, 5.41) is 7.84. The molecule has 3 N–H and O–H groups in total. The van der Waals surface area contributed by atoms with Crippen LogP contribution in [0.1, 0.15) is 19.8 Å². The van der Waals surface area contributed by atoms with Crippen molar-refractivity contribution in [3.05, 3.63) is 54.6 Å². The highest BCUT2D eigenvalue weighted by Gasteiger charge is 2.11. The lowest BCUT2D eigenvalue weighted by Gasteiger charge is -2.09. The second-order valence-electron chi connectivity index (χ2n) is 6.12. The van der Waals surface area contributed by atoms with Crippen LogP contribution < -0.4 is 20.7 Å². The van der Waals surface area contributed by atoms with Crippen LogP contribution in [0.3, 0.4) is 0 Å². The van der Waals surface area contributed by atoms with Crippen LogP contribution in [-0.2, 0) is 14.3 Å². The van der Waals surface area contributed by atoms with Crippen molar-refractivity contribution >= 4 is 29.3 Å². The third kappa shape index (κ3) is 8.79. The van der Waals surface area contributed by atoms with Gasteiger partial charge in [0, 0.05) is 17.9 Å². The molecule has 0 aromatic heterocycles. The summed E-state index contributed by atoms with van der Waals surface area (Å²) in [6, 6.07) is 16.2. The molecule has 2 aromatic rings. The number of para-hydroxylation sites is 1. The molecular weight excluding hydrogens is 374 g/mol. The first kappa shape index (κ1) is 21.7. The number of amides is 3. The van der Waals surface area contributed by atoms with Gasteiger partial charge in [-0.15, -0.1) is 0 Å². The summed E-state index contributed by atoms with van der Waals surface area (Å²) in [4.78, 5) is 34.7. The van der Waals surface area contributed by atoms with E-state index in [2.05, 4.69) is 16.0 Å². The molecule has 0 unspecified atom stereocenters. The Morgan fingerprint density at radius 3 is 2.28 bits per heavy atom. The van der Waals surface area contributed by atoms with E-state index in [4.69, 9.17) is 9.47 Å². The molecule has 0 spiro atoms. The first-order chi connectivity index (χ1) is 14.1. The number of carbonyl (C=O) groups excluding carboxylic acids is 3. The molecule has 0 aliphatic carbocycles. The smallest absolute Gasteiger partial charge is 0.344 e. The van der Waals surface area contributed by atoms with Gasteiger partial charge in [0.15, 0.2) is 13.2 Å². The van der Waals surface area contributed by atoms with E-state index in [1.165, 1.54) is 0 Å². The zero-order valence-electron chi connectivity index (χ0n) is 16.3. The highest BCUT2D eigenvalue weighted by atomic mass is 16.6. The minimum Gasteiger partial charge on any atom is -0.482 e. The molecule has 2 rings (SSSR count). The largest absolute Gasteiger partial charge is 0.482 e. The van der Waals surface area contributed by atoms with Crippen LogP contribution >= 0.6 is 0 Å². The predicted octanol–water partition coefficient (Wildman–Crippen LogP) is 2.98. The fourth-order valence-corrected chi connectivity index (χ4v) is 2.24. The Bertz CT molecular complexity index is 794. The van der Waals surface area contributed by atoms with Crippen molar-refractivity contribution in [1.29, 1.82) is 0 Å². The molecule has 29 heavy (non-hydrogen) atoms. The van der Waals surface area contributed by atoms with Crippen LogP contribution in [0.4, 0.5) is 16.2 Å². The van der Waals surface area contributed by atoms with Gasteiger partial charge in [0.1, 0.15) is 5.75 Å². The van der Waals surface area contributed by atoms with Crippen molar-refractivity contribution in [3.63, 3.8) is 0 Å². The third-order valence-electron chi connectivity index (χ3n) is 3.71. The highest BCUT2D eigenvalue weighted by Crippen LogP contribution is 2.19. The van der Waals surface area contributed by atoms with Gasteiger partial charge in [0.25, 0.3) is 5.91 Å². The van der Waals surface area contributed by atoms with Gasteiger partial charge in [-0.25, -0.2) is 9.59 Å². The lowest BCUT2D eigenvalue weighted by molar-refractivity contribution is -0.150. The minimum absolute atomic E-state index is 0.346. The summed E-state index contributed by atoms with van der Waals surface area (Å²) in [5.74, 6) is -0.929. The number of unbranched alkanes of at least 4 members (excludes halogenated alkanes) is 1. The van der Waals surface area contributed by atoms with Gasteiger partial charge in [-0.3, -0.25) is 10.1 Å². The number of carbonyl (C=O) groups is 3. The maximum Gasteiger partial charge on any atom is 0.344 e. The summed E-state index contributed by atoms with van der Waals surface area (Å²) < 4.78 is 10.1. The molecule has 2 aromatic carbocycles. The average Bonchev–Trinajstić information content (AvgIpc) is 2.72. The van der Waals surface area contributed by atoms with Crippen LogP contribution in [0.15, 0.2) is 54.6 Å². The fourth-order valence-electron chi connectivity index (χ4n) is 2.24. The van der Waals surface area contributed by atoms with Crippen molar-refractivity contribution in [2.24, 2.45) is 0 Å². The molecule has 0 fully saturated rings. The minimum atomic E-state index is -0.710. The number of anilines is 2. The van der Waals surface area contributed by atoms with Gasteiger partial charge in [-0.1, -0.05) is 31.5 Å². The van der Waals surface area contributed by atoms with E-state index in [0.717, 1.165) is 24.2 Å². The van der Waals surface area contributed by atoms with E-state index >= 15 is 0 Å². The van der Waals surface area contributed by atoms with E-state index in [-0.39, 0.29) is 6.61 Å². The molecule has 0 aliphatic rings. The highest BCUT2D eigenvalue weighted by molar-refractivity contribution is 5.95. The SMILES string of the molecule is CCCCNC(=O)NC(=O)COC(=O)COc1ccc(Nc2ccccc2)cc1. The maximum absolute atomic E-state index is 11.7. The number of esters is 1. The van der Waals surface area contributed by atoms with Crippen molar-refractivity contribution in [1.82, 2.24) is 10.6 Å². The van der Waals surface area contributed by atoms with E-state index < -0.39 is 24.5 Å². The molecular formula is C21H25N3O5. The zero-order valence-corrected chi connectivity index (χ0v) is 16.3. The lowest BCUT2D eigenvalue weighted by atomic mass is 10.2. The average molecular weight is 399 g/mol. The summed E-state index contributed by atoms with van der Waals surface area (Å²) in [7, 11) is 0. The first-order valence-electron chi connectivity index (χ1n) is 9.35. The number of nitrogens with one attached hydrogen (secondary N) is 3. The Balaban J connectivity index is 1.65. The summed E-state index contributed by atoms with van der Waals surface area (Å²) in [6.45, 7) is 1.57. The second-order valence-corrected chi connectivity index (χ2v) is 6.12. The number of benzene rings is 2. The molecule has 0 saturated carbocycles. The maximum atomic E-state index is 11.7. The van der Waals surface area contributed by atoms with Gasteiger partial charge in [-0.05, 0) is 42.8 Å². The van der Waals surface area contributed by atoms with Gasteiger partial charge in [0.05, 0.1) is 0 Å². The van der Waals surface area contributed by atoms with Crippen LogP contribution in [0.25, 0.3) is 0 Å². The van der Waals surface area contributed by atoms with Crippen LogP contribution in [-0.4, -0.2) is 37.7 Å². The van der Waals surface area contributed by atoms with E-state index in [9.17, 15) is 14.4 Å². The van der Waals surface area contributed by atoms with Gasteiger partial charge >= 0.3 is 12.0 Å². The van der Waals surface area contributed by atoms with Gasteiger partial charge < -0.3 is 20.1 Å². The molecule has 0 saturated heterocycles. The molecule has 8 nitrogen and oxygen atoms in total. The molecule has 3 amide bonds. The standard InChI is InChI=1S/C21H25N3O5/c1-2-3-13-22-21(27)24-19(25)14-29-20(26)15-28-18-11-9-17(10-12-18)23-16-7-5-4-6-8-16/h4-12,23H,2-3,13-15H2,1H3,(H2,22,24,25,27). The Kier molecular flexibility index (Phi) is 9.01. The Labute approximate surface area is 169 Å².